The van der Waals surface area contributed by atoms with Gasteiger partial charge < -0.3 is 9.72 Å². The number of halogens is 1. The number of rotatable bonds is 6. The molecule has 1 N–H and O–H groups in total. The number of thiophene rings is 1. The summed E-state index contributed by atoms with van der Waals surface area (Å²) in [5.74, 6) is 1.37. The highest BCUT2D eigenvalue weighted by molar-refractivity contribution is 7.17. The summed E-state index contributed by atoms with van der Waals surface area (Å²) in [6.07, 6.45) is 2.25. The molecule has 3 heterocycles. The van der Waals surface area contributed by atoms with Crippen LogP contribution in [0.25, 0.3) is 21.3 Å². The third kappa shape index (κ3) is 4.15. The summed E-state index contributed by atoms with van der Waals surface area (Å²) in [6.45, 7) is 6.36. The minimum absolute atomic E-state index is 0.0950. The van der Waals surface area contributed by atoms with Crippen molar-refractivity contribution >= 4 is 33.2 Å². The first kappa shape index (κ1) is 19.6. The normalized spacial score (nSPS) is 16.1. The van der Waals surface area contributed by atoms with E-state index in [1.54, 1.807) is 0 Å². The number of nitrogens with zero attached hydrogens (tertiary/aromatic N) is 2. The van der Waals surface area contributed by atoms with Crippen molar-refractivity contribution in [1.29, 1.82) is 0 Å². The van der Waals surface area contributed by atoms with Crippen LogP contribution in [0.4, 0.5) is 0 Å². The van der Waals surface area contributed by atoms with Crippen LogP contribution in [0, 0.1) is 5.92 Å². The van der Waals surface area contributed by atoms with E-state index in [-0.39, 0.29) is 5.56 Å². The first-order chi connectivity index (χ1) is 13.7. The molecule has 2 aromatic heterocycles. The van der Waals surface area contributed by atoms with E-state index in [1.165, 1.54) is 11.3 Å². The average Bonchev–Trinajstić information content (AvgIpc) is 3.12. The molecule has 0 bridgehead atoms. The van der Waals surface area contributed by atoms with Gasteiger partial charge in [-0.25, -0.2) is 4.98 Å². The fourth-order valence-electron chi connectivity index (χ4n) is 3.75. The molecule has 0 saturated carbocycles. The monoisotopic (exact) mass is 417 g/mol. The third-order valence-corrected chi connectivity index (χ3v) is 6.50. The Kier molecular flexibility index (Phi) is 6.11. The fourth-order valence-corrected chi connectivity index (χ4v) is 4.95. The Balaban J connectivity index is 1.52. The number of hydrogen-bond acceptors (Lipinski definition) is 5. The molecule has 1 aliphatic rings. The van der Waals surface area contributed by atoms with E-state index in [1.807, 2.05) is 36.6 Å². The Morgan fingerprint density at radius 2 is 2.07 bits per heavy atom. The minimum atomic E-state index is -0.0950. The zero-order valence-electron chi connectivity index (χ0n) is 15.9. The molecule has 0 radical (unpaired) electrons. The lowest BCUT2D eigenvalue weighted by Crippen LogP contribution is -2.35. The third-order valence-electron chi connectivity index (χ3n) is 5.30. The average molecular weight is 418 g/mol. The molecular weight excluding hydrogens is 394 g/mol. The van der Waals surface area contributed by atoms with Gasteiger partial charge in [0.1, 0.15) is 10.7 Å². The Morgan fingerprint density at radius 1 is 1.29 bits per heavy atom. The maximum absolute atomic E-state index is 12.8. The summed E-state index contributed by atoms with van der Waals surface area (Å²) in [4.78, 5) is 23.6. The Bertz CT molecular complexity index is 1010. The second kappa shape index (κ2) is 8.74. The van der Waals surface area contributed by atoms with Crippen LogP contribution in [-0.2, 0) is 11.3 Å². The molecule has 3 aromatic rings. The van der Waals surface area contributed by atoms with Crippen molar-refractivity contribution in [3.8, 4) is 11.1 Å². The molecule has 0 spiro atoms. The zero-order valence-corrected chi connectivity index (χ0v) is 17.5. The molecule has 0 atom stereocenters. The van der Waals surface area contributed by atoms with Gasteiger partial charge in [0.25, 0.3) is 5.56 Å². The van der Waals surface area contributed by atoms with E-state index in [4.69, 9.17) is 21.3 Å². The topological polar surface area (TPSA) is 58.2 Å². The number of ether oxygens (including phenoxy) is 1. The lowest BCUT2D eigenvalue weighted by Gasteiger charge is -2.31. The molecule has 0 unspecified atom stereocenters. The highest BCUT2D eigenvalue weighted by atomic mass is 35.5. The Hall–Kier alpha value is -1.73. The van der Waals surface area contributed by atoms with Crippen LogP contribution in [0.1, 0.15) is 25.6 Å². The van der Waals surface area contributed by atoms with Gasteiger partial charge in [0.05, 0.1) is 11.9 Å². The number of benzene rings is 1. The summed E-state index contributed by atoms with van der Waals surface area (Å²) >= 11 is 7.82. The van der Waals surface area contributed by atoms with Gasteiger partial charge in [-0.3, -0.25) is 9.69 Å². The zero-order chi connectivity index (χ0) is 19.5. The van der Waals surface area contributed by atoms with Gasteiger partial charge in [0.15, 0.2) is 0 Å². The highest BCUT2D eigenvalue weighted by Crippen LogP contribution is 2.34. The van der Waals surface area contributed by atoms with Crippen LogP contribution in [0.2, 0.25) is 5.02 Å². The first-order valence-electron chi connectivity index (χ1n) is 9.71. The van der Waals surface area contributed by atoms with E-state index >= 15 is 0 Å². The van der Waals surface area contributed by atoms with Gasteiger partial charge in [0, 0.05) is 34.7 Å². The van der Waals surface area contributed by atoms with Gasteiger partial charge in [-0.1, -0.05) is 29.8 Å². The Morgan fingerprint density at radius 3 is 2.82 bits per heavy atom. The van der Waals surface area contributed by atoms with Gasteiger partial charge in [0.2, 0.25) is 0 Å². The fraction of sp³-hybridized carbons (Fsp3) is 0.429. The van der Waals surface area contributed by atoms with E-state index in [2.05, 4.69) is 9.88 Å². The summed E-state index contributed by atoms with van der Waals surface area (Å²) in [5.41, 5.74) is 1.62. The molecule has 4 rings (SSSR count). The summed E-state index contributed by atoms with van der Waals surface area (Å²) in [6, 6.07) is 7.59. The molecule has 1 aromatic carbocycles. The number of likely N-dealkylation sites (tertiary alicyclic amines) is 1. The van der Waals surface area contributed by atoms with E-state index in [0.717, 1.165) is 60.9 Å². The van der Waals surface area contributed by atoms with Crippen LogP contribution < -0.4 is 5.56 Å². The van der Waals surface area contributed by atoms with Gasteiger partial charge in [-0.05, 0) is 44.8 Å². The van der Waals surface area contributed by atoms with Crippen molar-refractivity contribution in [1.82, 2.24) is 14.9 Å². The van der Waals surface area contributed by atoms with Crippen molar-refractivity contribution in [2.24, 2.45) is 5.92 Å². The number of nitrogens with one attached hydrogen (secondary N) is 1. The SMILES string of the molecule is CCOCC1CCN(Cc2nc3scc(-c4ccccc4Cl)c3c(=O)[nH]2)CC1. The highest BCUT2D eigenvalue weighted by Gasteiger charge is 2.21. The molecule has 5 nitrogen and oxygen atoms in total. The van der Waals surface area contributed by atoms with Crippen molar-refractivity contribution in [3.05, 3.63) is 50.8 Å². The van der Waals surface area contributed by atoms with E-state index in [9.17, 15) is 4.79 Å². The number of aromatic nitrogens is 2. The molecule has 0 amide bonds. The second-order valence-electron chi connectivity index (χ2n) is 7.20. The number of piperidine rings is 1. The Labute approximate surface area is 173 Å². The summed E-state index contributed by atoms with van der Waals surface area (Å²) < 4.78 is 5.55. The van der Waals surface area contributed by atoms with Crippen LogP contribution >= 0.6 is 22.9 Å². The minimum Gasteiger partial charge on any atom is -0.381 e. The van der Waals surface area contributed by atoms with Crippen LogP contribution in [0.15, 0.2) is 34.4 Å². The van der Waals surface area contributed by atoms with E-state index < -0.39 is 0 Å². The number of aromatic amines is 1. The van der Waals surface area contributed by atoms with Crippen molar-refractivity contribution in [2.75, 3.05) is 26.3 Å². The summed E-state index contributed by atoms with van der Waals surface area (Å²) in [5, 5.41) is 3.23. The van der Waals surface area contributed by atoms with E-state index in [0.29, 0.717) is 22.9 Å². The quantitative estimate of drug-likeness (QED) is 0.639. The smallest absolute Gasteiger partial charge is 0.260 e. The number of hydrogen-bond donors (Lipinski definition) is 1. The van der Waals surface area contributed by atoms with Crippen LogP contribution in [-0.4, -0.2) is 41.2 Å². The molecule has 1 fully saturated rings. The van der Waals surface area contributed by atoms with Gasteiger partial charge >= 0.3 is 0 Å². The van der Waals surface area contributed by atoms with Crippen molar-refractivity contribution < 1.29 is 4.74 Å². The first-order valence-corrected chi connectivity index (χ1v) is 11.0. The lowest BCUT2D eigenvalue weighted by molar-refractivity contribution is 0.0717. The van der Waals surface area contributed by atoms with Crippen LogP contribution in [0.5, 0.6) is 0 Å². The number of fused-ring (bicyclic) bond motifs is 1. The van der Waals surface area contributed by atoms with Crippen molar-refractivity contribution in [2.45, 2.75) is 26.3 Å². The maximum atomic E-state index is 12.8. The summed E-state index contributed by atoms with van der Waals surface area (Å²) in [7, 11) is 0. The lowest BCUT2D eigenvalue weighted by atomic mass is 9.98. The molecule has 1 aliphatic heterocycles. The molecule has 28 heavy (non-hydrogen) atoms. The molecule has 148 valence electrons. The predicted octanol–water partition coefficient (Wildman–Crippen LogP) is 4.55. The van der Waals surface area contributed by atoms with Crippen molar-refractivity contribution in [3.63, 3.8) is 0 Å². The standard InChI is InChI=1S/C21H24ClN3O2S/c1-2-27-12-14-7-9-25(10-8-14)11-18-23-20(26)19-16(13-28-21(19)24-18)15-5-3-4-6-17(15)22/h3-6,13-14H,2,7-12H2,1H3,(H,23,24,26). The van der Waals surface area contributed by atoms with Gasteiger partial charge in [-0.2, -0.15) is 0 Å². The van der Waals surface area contributed by atoms with Gasteiger partial charge in [-0.15, -0.1) is 11.3 Å². The molecule has 7 heteroatoms. The molecule has 1 saturated heterocycles. The largest absolute Gasteiger partial charge is 0.381 e. The number of H-pyrrole nitrogens is 1. The predicted molar refractivity (Wildman–Crippen MR) is 115 cm³/mol. The molecule has 0 aliphatic carbocycles. The molecular formula is C21H24ClN3O2S. The second-order valence-corrected chi connectivity index (χ2v) is 8.47. The maximum Gasteiger partial charge on any atom is 0.260 e. The van der Waals surface area contributed by atoms with Crippen LogP contribution in [0.3, 0.4) is 0 Å².